The number of rotatable bonds is 6. The van der Waals surface area contributed by atoms with Crippen molar-refractivity contribution in [2.45, 2.75) is 37.3 Å². The van der Waals surface area contributed by atoms with Crippen molar-refractivity contribution in [2.24, 2.45) is 7.05 Å². The summed E-state index contributed by atoms with van der Waals surface area (Å²) in [5, 5.41) is 4.08. The first-order valence-electron chi connectivity index (χ1n) is 11.0. The van der Waals surface area contributed by atoms with Crippen LogP contribution in [0.5, 0.6) is 0 Å². The fourth-order valence-electron chi connectivity index (χ4n) is 4.91. The van der Waals surface area contributed by atoms with Crippen molar-refractivity contribution in [3.05, 3.63) is 18.0 Å². The maximum absolute atomic E-state index is 12.7. The van der Waals surface area contributed by atoms with Gasteiger partial charge in [0, 0.05) is 58.3 Å². The van der Waals surface area contributed by atoms with E-state index in [2.05, 4.69) is 29.0 Å². The van der Waals surface area contributed by atoms with Crippen LogP contribution < -0.4 is 0 Å². The minimum atomic E-state index is -0.440. The van der Waals surface area contributed by atoms with Crippen LogP contribution in [0.15, 0.2) is 12.3 Å². The summed E-state index contributed by atoms with van der Waals surface area (Å²) in [6.07, 6.45) is 5.00. The molecule has 1 aromatic heterocycles. The van der Waals surface area contributed by atoms with Crippen LogP contribution in [0.25, 0.3) is 0 Å². The largest absolute Gasteiger partial charge is 0.441 e. The van der Waals surface area contributed by atoms with E-state index in [1.807, 2.05) is 9.80 Å². The van der Waals surface area contributed by atoms with E-state index in [9.17, 15) is 9.59 Å². The average Bonchev–Trinajstić information content (AvgIpc) is 3.42. The van der Waals surface area contributed by atoms with Crippen molar-refractivity contribution in [1.82, 2.24) is 29.4 Å². The highest BCUT2D eigenvalue weighted by Gasteiger charge is 2.47. The Bertz CT molecular complexity index is 771. The number of likely N-dealkylation sites (N-methyl/N-ethyl adjacent to an activating group) is 1. The Morgan fingerprint density at radius 3 is 2.67 bits per heavy atom. The van der Waals surface area contributed by atoms with E-state index in [1.165, 1.54) is 6.42 Å². The number of ether oxygens (including phenoxy) is 1. The summed E-state index contributed by atoms with van der Waals surface area (Å²) < 4.78 is 7.43. The van der Waals surface area contributed by atoms with E-state index < -0.39 is 5.60 Å². The molecule has 9 nitrogen and oxygen atoms in total. The zero-order valence-electron chi connectivity index (χ0n) is 18.4. The second kappa shape index (κ2) is 8.55. The quantitative estimate of drug-likeness (QED) is 0.683. The summed E-state index contributed by atoms with van der Waals surface area (Å²) in [4.78, 5) is 33.6. The van der Waals surface area contributed by atoms with Crippen LogP contribution in [0, 0.1) is 0 Å². The number of carbonyl (C=O) groups is 2. The molecule has 3 saturated heterocycles. The number of hydrogen-bond donors (Lipinski definition) is 0. The number of carbonyl (C=O) groups excluding carboxylic acids is 2. The Hall–Kier alpha value is -2.13. The van der Waals surface area contributed by atoms with Gasteiger partial charge in [0.05, 0.1) is 6.54 Å². The first-order chi connectivity index (χ1) is 14.4. The molecule has 1 atom stereocenters. The second-order valence-corrected chi connectivity index (χ2v) is 9.17. The number of aryl methyl sites for hydroxylation is 1. The van der Waals surface area contributed by atoms with Crippen molar-refractivity contribution >= 4 is 12.0 Å². The van der Waals surface area contributed by atoms with Crippen LogP contribution >= 0.6 is 0 Å². The Balaban J connectivity index is 1.23. The Morgan fingerprint density at radius 1 is 1.27 bits per heavy atom. The van der Waals surface area contributed by atoms with Gasteiger partial charge in [-0.25, -0.2) is 4.79 Å². The SMILES string of the molecule is CN(C)[C@@H]1CCN(CCCN2CC3(CCN(C(=O)c4ccnn4C)CC3)OC2=O)C1. The van der Waals surface area contributed by atoms with Crippen molar-refractivity contribution in [1.29, 1.82) is 0 Å². The summed E-state index contributed by atoms with van der Waals surface area (Å²) in [7, 11) is 6.06. The molecule has 1 spiro atoms. The van der Waals surface area contributed by atoms with Crippen molar-refractivity contribution in [2.75, 3.05) is 59.9 Å². The summed E-state index contributed by atoms with van der Waals surface area (Å²) >= 11 is 0. The van der Waals surface area contributed by atoms with E-state index >= 15 is 0 Å². The highest BCUT2D eigenvalue weighted by Crippen LogP contribution is 2.33. The molecule has 3 aliphatic rings. The molecular weight excluding hydrogens is 384 g/mol. The van der Waals surface area contributed by atoms with Crippen LogP contribution in [0.3, 0.4) is 0 Å². The first-order valence-corrected chi connectivity index (χ1v) is 11.0. The van der Waals surface area contributed by atoms with Gasteiger partial charge in [-0.15, -0.1) is 0 Å². The third kappa shape index (κ3) is 4.32. The minimum absolute atomic E-state index is 0.00679. The summed E-state index contributed by atoms with van der Waals surface area (Å²) in [5.74, 6) is -0.00679. The second-order valence-electron chi connectivity index (χ2n) is 9.17. The van der Waals surface area contributed by atoms with Gasteiger partial charge < -0.3 is 24.3 Å². The number of aromatic nitrogens is 2. The smallest absolute Gasteiger partial charge is 0.410 e. The topological polar surface area (TPSA) is 74.2 Å². The Morgan fingerprint density at radius 2 is 2.03 bits per heavy atom. The lowest BCUT2D eigenvalue weighted by Gasteiger charge is -2.37. The minimum Gasteiger partial charge on any atom is -0.441 e. The monoisotopic (exact) mass is 418 g/mol. The molecule has 0 radical (unpaired) electrons. The molecule has 0 unspecified atom stereocenters. The molecule has 4 rings (SSSR count). The third-order valence-corrected chi connectivity index (χ3v) is 6.92. The van der Waals surface area contributed by atoms with Crippen LogP contribution in [0.1, 0.15) is 36.2 Å². The van der Waals surface area contributed by atoms with Crippen LogP contribution in [-0.2, 0) is 11.8 Å². The van der Waals surface area contributed by atoms with Gasteiger partial charge in [0.1, 0.15) is 11.3 Å². The molecule has 1 aromatic rings. The lowest BCUT2D eigenvalue weighted by molar-refractivity contribution is 0.00284. The van der Waals surface area contributed by atoms with Crippen molar-refractivity contribution in [3.8, 4) is 0 Å². The van der Waals surface area contributed by atoms with Crippen molar-refractivity contribution in [3.63, 3.8) is 0 Å². The maximum atomic E-state index is 12.7. The van der Waals surface area contributed by atoms with Gasteiger partial charge in [0.25, 0.3) is 5.91 Å². The van der Waals surface area contributed by atoms with Crippen LogP contribution in [0.2, 0.25) is 0 Å². The predicted octanol–water partition coefficient (Wildman–Crippen LogP) is 0.873. The van der Waals surface area contributed by atoms with Crippen LogP contribution in [-0.4, -0.2) is 113 Å². The van der Waals surface area contributed by atoms with Gasteiger partial charge in [-0.3, -0.25) is 9.48 Å². The van der Waals surface area contributed by atoms with Crippen molar-refractivity contribution < 1.29 is 14.3 Å². The Labute approximate surface area is 178 Å². The van der Waals surface area contributed by atoms with E-state index in [0.29, 0.717) is 44.2 Å². The molecule has 0 aliphatic carbocycles. The fraction of sp³-hybridized carbons (Fsp3) is 0.762. The van der Waals surface area contributed by atoms with Gasteiger partial charge in [-0.2, -0.15) is 5.10 Å². The molecule has 0 aromatic carbocycles. The molecule has 166 valence electrons. The highest BCUT2D eigenvalue weighted by atomic mass is 16.6. The molecule has 0 saturated carbocycles. The van der Waals surface area contributed by atoms with Gasteiger partial charge in [-0.05, 0) is 46.1 Å². The lowest BCUT2D eigenvalue weighted by atomic mass is 9.91. The van der Waals surface area contributed by atoms with Gasteiger partial charge in [0.2, 0.25) is 0 Å². The zero-order valence-corrected chi connectivity index (χ0v) is 18.4. The average molecular weight is 419 g/mol. The van der Waals surface area contributed by atoms with E-state index in [4.69, 9.17) is 4.74 Å². The lowest BCUT2D eigenvalue weighted by Crippen LogP contribution is -2.49. The third-order valence-electron chi connectivity index (χ3n) is 6.92. The predicted molar refractivity (Wildman–Crippen MR) is 112 cm³/mol. The number of likely N-dealkylation sites (tertiary alicyclic amines) is 2. The zero-order chi connectivity index (χ0) is 21.3. The Kier molecular flexibility index (Phi) is 6.02. The van der Waals surface area contributed by atoms with Gasteiger partial charge in [0.15, 0.2) is 0 Å². The molecule has 0 bridgehead atoms. The summed E-state index contributed by atoms with van der Waals surface area (Å²) in [6.45, 7) is 5.85. The van der Waals surface area contributed by atoms with E-state index in [1.54, 1.807) is 24.0 Å². The van der Waals surface area contributed by atoms with Gasteiger partial charge in [-0.1, -0.05) is 0 Å². The van der Waals surface area contributed by atoms with E-state index in [-0.39, 0.29) is 12.0 Å². The van der Waals surface area contributed by atoms with Crippen LogP contribution in [0.4, 0.5) is 4.79 Å². The number of amides is 2. The standard InChI is InChI=1S/C21H34N6O3/c1-23(2)17-6-12-25(15-17)10-4-11-27-16-21(30-20(27)29)7-13-26(14-8-21)19(28)18-5-9-22-24(18)3/h5,9,17H,4,6-8,10-16H2,1-3H3/t17-/m1/s1. The number of nitrogens with zero attached hydrogens (tertiary/aromatic N) is 6. The molecule has 3 fully saturated rings. The molecule has 3 aliphatic heterocycles. The summed E-state index contributed by atoms with van der Waals surface area (Å²) in [5.41, 5.74) is 0.152. The molecule has 2 amide bonds. The highest BCUT2D eigenvalue weighted by molar-refractivity contribution is 5.92. The fourth-order valence-corrected chi connectivity index (χ4v) is 4.91. The first kappa shape index (κ1) is 21.1. The molecule has 0 N–H and O–H groups in total. The molecule has 9 heteroatoms. The number of piperidine rings is 1. The van der Waals surface area contributed by atoms with E-state index in [0.717, 1.165) is 32.6 Å². The van der Waals surface area contributed by atoms with Gasteiger partial charge >= 0.3 is 6.09 Å². The number of hydrogen-bond acceptors (Lipinski definition) is 6. The summed E-state index contributed by atoms with van der Waals surface area (Å²) in [6, 6.07) is 2.38. The molecule has 30 heavy (non-hydrogen) atoms. The molecule has 4 heterocycles. The molecular formula is C21H34N6O3. The normalized spacial score (nSPS) is 24.3. The maximum Gasteiger partial charge on any atom is 0.410 e.